The summed E-state index contributed by atoms with van der Waals surface area (Å²) < 4.78 is 11.1. The topological polar surface area (TPSA) is 106 Å². The van der Waals surface area contributed by atoms with Crippen LogP contribution in [0.15, 0.2) is 78.4 Å². The summed E-state index contributed by atoms with van der Waals surface area (Å²) in [5.41, 5.74) is 4.43. The molecule has 2 heterocycles. The first-order valence-corrected chi connectivity index (χ1v) is 15.6. The van der Waals surface area contributed by atoms with Gasteiger partial charge in [-0.2, -0.15) is 0 Å². The molecule has 0 aliphatic carbocycles. The van der Waals surface area contributed by atoms with Crippen molar-refractivity contribution in [3.63, 3.8) is 0 Å². The minimum atomic E-state index is -0.975. The summed E-state index contributed by atoms with van der Waals surface area (Å²) in [5, 5.41) is 11.8. The lowest BCUT2D eigenvalue weighted by molar-refractivity contribution is -0.132. The normalized spacial score (nSPS) is 16.2. The smallest absolute Gasteiger partial charge is 0.350 e. The molecular formula is C36H36N2O6S. The van der Waals surface area contributed by atoms with Gasteiger partial charge < -0.3 is 14.6 Å². The molecule has 1 unspecified atom stereocenters. The van der Waals surface area contributed by atoms with Gasteiger partial charge in [0.2, 0.25) is 0 Å². The SMILES string of the molecule is CCOC(=O)c1sc(N2C(=O)C(=O)C(=C(O)c3ccc(OCc4ccccc4C)cc3)C2c2ccc(C(C)(C)C)cc2)nc1C. The largest absolute Gasteiger partial charge is 0.507 e. The zero-order chi connectivity index (χ0) is 32.5. The maximum Gasteiger partial charge on any atom is 0.350 e. The van der Waals surface area contributed by atoms with Gasteiger partial charge in [-0.25, -0.2) is 9.78 Å². The number of aromatic nitrogens is 1. The molecule has 0 bridgehead atoms. The Bertz CT molecular complexity index is 1780. The van der Waals surface area contributed by atoms with Gasteiger partial charge >= 0.3 is 11.9 Å². The Morgan fingerprint density at radius 2 is 1.64 bits per heavy atom. The molecule has 0 saturated carbocycles. The van der Waals surface area contributed by atoms with Crippen LogP contribution in [0.3, 0.4) is 0 Å². The number of Topliss-reactive ketones (excluding diaryl/α,β-unsaturated/α-hetero) is 1. The number of anilines is 1. The van der Waals surface area contributed by atoms with Crippen LogP contribution >= 0.6 is 11.3 Å². The van der Waals surface area contributed by atoms with E-state index in [0.29, 0.717) is 29.2 Å². The number of aliphatic hydroxyl groups excluding tert-OH is 1. The van der Waals surface area contributed by atoms with Crippen LogP contribution in [0.1, 0.15) is 76.9 Å². The Morgan fingerprint density at radius 1 is 0.978 bits per heavy atom. The van der Waals surface area contributed by atoms with E-state index in [-0.39, 0.29) is 33.4 Å². The van der Waals surface area contributed by atoms with E-state index < -0.39 is 23.7 Å². The van der Waals surface area contributed by atoms with Crippen molar-refractivity contribution in [2.75, 3.05) is 11.5 Å². The highest BCUT2D eigenvalue weighted by Crippen LogP contribution is 2.44. The highest BCUT2D eigenvalue weighted by molar-refractivity contribution is 7.17. The number of carbonyl (C=O) groups excluding carboxylic acids is 3. The maximum atomic E-state index is 13.7. The second-order valence-corrected chi connectivity index (χ2v) is 12.9. The average Bonchev–Trinajstić information content (AvgIpc) is 3.52. The molecule has 1 aromatic heterocycles. The van der Waals surface area contributed by atoms with Crippen molar-refractivity contribution in [1.29, 1.82) is 0 Å². The highest BCUT2D eigenvalue weighted by Gasteiger charge is 2.48. The van der Waals surface area contributed by atoms with Crippen LogP contribution in [0.25, 0.3) is 5.76 Å². The number of thiazole rings is 1. The number of rotatable bonds is 8. The lowest BCUT2D eigenvalue weighted by Gasteiger charge is -2.24. The Morgan fingerprint density at radius 3 is 2.27 bits per heavy atom. The van der Waals surface area contributed by atoms with Crippen LogP contribution in [0, 0.1) is 13.8 Å². The molecule has 4 aromatic rings. The van der Waals surface area contributed by atoms with Gasteiger partial charge in [-0.15, -0.1) is 0 Å². The lowest BCUT2D eigenvalue weighted by atomic mass is 9.85. The van der Waals surface area contributed by atoms with Gasteiger partial charge in [0.25, 0.3) is 5.78 Å². The van der Waals surface area contributed by atoms with Gasteiger partial charge in [-0.3, -0.25) is 14.5 Å². The number of hydrogen-bond donors (Lipinski definition) is 1. The van der Waals surface area contributed by atoms with Gasteiger partial charge in [-0.05, 0) is 72.7 Å². The van der Waals surface area contributed by atoms with Crippen molar-refractivity contribution < 1.29 is 29.0 Å². The van der Waals surface area contributed by atoms with E-state index in [9.17, 15) is 19.5 Å². The van der Waals surface area contributed by atoms with E-state index in [1.54, 1.807) is 38.1 Å². The average molecular weight is 625 g/mol. The number of ether oxygens (including phenoxy) is 2. The van der Waals surface area contributed by atoms with Gasteiger partial charge in [-0.1, -0.05) is 80.6 Å². The molecule has 1 saturated heterocycles. The quantitative estimate of drug-likeness (QED) is 0.0940. The fourth-order valence-electron chi connectivity index (χ4n) is 5.18. The standard InChI is InChI=1S/C36H36N2O6S/c1-7-43-34(42)32-22(3)37-35(45-32)38-29(23-12-16-26(17-13-23)36(4,5)6)28(31(40)33(38)41)30(39)24-14-18-27(19-15-24)44-20-25-11-9-8-10-21(25)2/h8-19,29,39H,7,20H2,1-6H3. The Balaban J connectivity index is 1.55. The predicted molar refractivity (Wildman–Crippen MR) is 175 cm³/mol. The van der Waals surface area contributed by atoms with Gasteiger partial charge in [0.05, 0.1) is 23.9 Å². The predicted octanol–water partition coefficient (Wildman–Crippen LogP) is 7.44. The molecule has 1 N–H and O–H groups in total. The Labute approximate surface area is 267 Å². The molecular weight excluding hydrogens is 588 g/mol. The number of hydrogen-bond acceptors (Lipinski definition) is 8. The van der Waals surface area contributed by atoms with E-state index >= 15 is 0 Å². The Kier molecular flexibility index (Phi) is 8.93. The van der Waals surface area contributed by atoms with Crippen molar-refractivity contribution in [1.82, 2.24) is 4.98 Å². The number of aliphatic hydroxyl groups is 1. The van der Waals surface area contributed by atoms with Crippen LogP contribution in [0.5, 0.6) is 5.75 Å². The van der Waals surface area contributed by atoms with Crippen LogP contribution < -0.4 is 9.64 Å². The van der Waals surface area contributed by atoms with Gasteiger partial charge in [0, 0.05) is 5.56 Å². The van der Waals surface area contributed by atoms with Gasteiger partial charge in [0.15, 0.2) is 5.13 Å². The van der Waals surface area contributed by atoms with Crippen molar-refractivity contribution in [3.05, 3.63) is 117 Å². The number of carbonyl (C=O) groups is 3. The third kappa shape index (κ3) is 6.40. The molecule has 9 heteroatoms. The third-order valence-corrected chi connectivity index (χ3v) is 8.91. The van der Waals surface area contributed by atoms with Crippen LogP contribution in [0.4, 0.5) is 5.13 Å². The summed E-state index contributed by atoms with van der Waals surface area (Å²) in [6.07, 6.45) is 0. The third-order valence-electron chi connectivity index (χ3n) is 7.77. The molecule has 1 aliphatic heterocycles. The molecule has 3 aromatic carbocycles. The molecule has 232 valence electrons. The zero-order valence-electron chi connectivity index (χ0n) is 26.2. The molecule has 1 fully saturated rings. The van der Waals surface area contributed by atoms with Crippen molar-refractivity contribution >= 4 is 39.9 Å². The van der Waals surface area contributed by atoms with E-state index in [2.05, 4.69) is 25.8 Å². The first-order chi connectivity index (χ1) is 21.4. The minimum Gasteiger partial charge on any atom is -0.507 e. The van der Waals surface area contributed by atoms with Gasteiger partial charge in [0.1, 0.15) is 23.0 Å². The number of nitrogens with zero attached hydrogens (tertiary/aromatic N) is 2. The number of ketones is 1. The second-order valence-electron chi connectivity index (χ2n) is 11.9. The molecule has 8 nitrogen and oxygen atoms in total. The first kappa shape index (κ1) is 31.7. The fourth-order valence-corrected chi connectivity index (χ4v) is 6.17. The summed E-state index contributed by atoms with van der Waals surface area (Å²) in [7, 11) is 0. The number of esters is 1. The molecule has 1 aliphatic rings. The second kappa shape index (κ2) is 12.7. The van der Waals surface area contributed by atoms with E-state index in [1.165, 1.54) is 4.90 Å². The molecule has 1 atom stereocenters. The van der Waals surface area contributed by atoms with E-state index in [0.717, 1.165) is 28.0 Å². The van der Waals surface area contributed by atoms with E-state index in [1.807, 2.05) is 55.5 Å². The minimum absolute atomic E-state index is 0.0670. The number of aryl methyl sites for hydroxylation is 2. The number of benzene rings is 3. The molecule has 0 radical (unpaired) electrons. The monoisotopic (exact) mass is 624 g/mol. The molecule has 5 rings (SSSR count). The molecule has 0 spiro atoms. The van der Waals surface area contributed by atoms with Crippen molar-refractivity contribution in [2.24, 2.45) is 0 Å². The van der Waals surface area contributed by atoms with Crippen LogP contribution in [-0.4, -0.2) is 34.4 Å². The summed E-state index contributed by atoms with van der Waals surface area (Å²) >= 11 is 0.979. The lowest BCUT2D eigenvalue weighted by Crippen LogP contribution is -2.29. The summed E-state index contributed by atoms with van der Waals surface area (Å²) in [5.74, 6) is -1.96. The van der Waals surface area contributed by atoms with Crippen LogP contribution in [-0.2, 0) is 26.3 Å². The van der Waals surface area contributed by atoms with E-state index in [4.69, 9.17) is 9.47 Å². The molecule has 45 heavy (non-hydrogen) atoms. The van der Waals surface area contributed by atoms with Crippen molar-refractivity contribution in [2.45, 2.75) is 59.6 Å². The maximum absolute atomic E-state index is 13.7. The zero-order valence-corrected chi connectivity index (χ0v) is 27.0. The highest BCUT2D eigenvalue weighted by atomic mass is 32.1. The van der Waals surface area contributed by atoms with Crippen LogP contribution in [0.2, 0.25) is 0 Å². The fraction of sp³-hybridized carbons (Fsp3) is 0.278. The number of amides is 1. The molecule has 1 amide bonds. The summed E-state index contributed by atoms with van der Waals surface area (Å²) in [6.45, 7) is 12.2. The Hall–Kier alpha value is -4.76. The van der Waals surface area contributed by atoms with Crippen molar-refractivity contribution in [3.8, 4) is 5.75 Å². The summed E-state index contributed by atoms with van der Waals surface area (Å²) in [4.78, 5) is 45.9. The summed E-state index contributed by atoms with van der Waals surface area (Å²) in [6, 6.07) is 21.3. The first-order valence-electron chi connectivity index (χ1n) is 14.7.